The third-order valence-corrected chi connectivity index (χ3v) is 6.18. The van der Waals surface area contributed by atoms with Gasteiger partial charge < -0.3 is 19.7 Å². The Hall–Kier alpha value is -1.17. The van der Waals surface area contributed by atoms with Gasteiger partial charge in [0, 0.05) is 17.6 Å². The average Bonchev–Trinajstić information content (AvgIpc) is 3.07. The SMILES string of the molecule is CC1=C2[C@H](C/C(C)=C\CC[C@H](C)[C@H]3CC[C@@](C)(O3)[C@H](O)[C@H]2O)OC1=O. The third kappa shape index (κ3) is 3.42. The van der Waals surface area contributed by atoms with Gasteiger partial charge in [0.25, 0.3) is 0 Å². The van der Waals surface area contributed by atoms with E-state index in [1.807, 2.05) is 13.8 Å². The Bertz CT molecular complexity index is 607. The van der Waals surface area contributed by atoms with E-state index in [0.717, 1.165) is 24.8 Å². The van der Waals surface area contributed by atoms with Crippen LogP contribution in [0, 0.1) is 5.92 Å². The molecule has 25 heavy (non-hydrogen) atoms. The maximum absolute atomic E-state index is 12.0. The molecular weight excluding hydrogens is 320 g/mol. The molecule has 1 saturated heterocycles. The molecule has 0 amide bonds. The van der Waals surface area contributed by atoms with E-state index in [1.54, 1.807) is 6.92 Å². The van der Waals surface area contributed by atoms with Gasteiger partial charge in [-0.15, -0.1) is 0 Å². The summed E-state index contributed by atoms with van der Waals surface area (Å²) < 4.78 is 11.7. The number of carbonyl (C=O) groups excluding carboxylic acids is 1. The number of allylic oxidation sites excluding steroid dienone is 1. The second-order valence-electron chi connectivity index (χ2n) is 8.18. The molecule has 6 atom stereocenters. The molecule has 1 fully saturated rings. The Morgan fingerprint density at radius 3 is 2.68 bits per heavy atom. The third-order valence-electron chi connectivity index (χ3n) is 6.18. The van der Waals surface area contributed by atoms with E-state index in [2.05, 4.69) is 13.0 Å². The van der Waals surface area contributed by atoms with Crippen molar-refractivity contribution in [3.63, 3.8) is 0 Å². The van der Waals surface area contributed by atoms with E-state index in [1.165, 1.54) is 0 Å². The van der Waals surface area contributed by atoms with Crippen LogP contribution in [0.15, 0.2) is 22.8 Å². The van der Waals surface area contributed by atoms with E-state index in [9.17, 15) is 15.0 Å². The summed E-state index contributed by atoms with van der Waals surface area (Å²) in [6.45, 7) is 7.73. The molecular formula is C20H30O5. The highest BCUT2D eigenvalue weighted by molar-refractivity contribution is 5.92. The lowest BCUT2D eigenvalue weighted by atomic mass is 9.84. The molecule has 3 heterocycles. The fraction of sp³-hybridized carbons (Fsp3) is 0.750. The topological polar surface area (TPSA) is 76.0 Å². The lowest BCUT2D eigenvalue weighted by Gasteiger charge is -2.35. The minimum absolute atomic E-state index is 0.0913. The predicted octanol–water partition coefficient (Wildman–Crippen LogP) is 2.65. The van der Waals surface area contributed by atoms with Crippen LogP contribution in [0.3, 0.4) is 0 Å². The number of fused-ring (bicyclic) bond motifs is 3. The quantitative estimate of drug-likeness (QED) is 0.519. The zero-order valence-electron chi connectivity index (χ0n) is 15.6. The van der Waals surface area contributed by atoms with Crippen molar-refractivity contribution in [2.45, 2.75) is 89.8 Å². The smallest absolute Gasteiger partial charge is 0.334 e. The van der Waals surface area contributed by atoms with E-state index in [-0.39, 0.29) is 6.10 Å². The van der Waals surface area contributed by atoms with Gasteiger partial charge in [-0.3, -0.25) is 0 Å². The minimum Gasteiger partial charge on any atom is -0.454 e. The number of carbonyl (C=O) groups is 1. The molecule has 2 N–H and O–H groups in total. The highest BCUT2D eigenvalue weighted by Gasteiger charge is 2.49. The van der Waals surface area contributed by atoms with Crippen LogP contribution in [0.25, 0.3) is 0 Å². The molecule has 5 heteroatoms. The standard InChI is InChI=1S/C20H30O5/c1-11-6-5-7-12(2)14-8-9-20(4,25-14)18(22)17(21)16-13(3)19(23)24-15(16)10-11/h6,12,14-15,17-18,21-22H,5,7-10H2,1-4H3/b11-6-/t12-,14+,15-,17-,18+,20+/m0/s1. The summed E-state index contributed by atoms with van der Waals surface area (Å²) in [6.07, 6.45) is 3.61. The number of esters is 1. The van der Waals surface area contributed by atoms with E-state index < -0.39 is 29.9 Å². The van der Waals surface area contributed by atoms with Crippen LogP contribution in [0.2, 0.25) is 0 Å². The first kappa shape index (κ1) is 18.6. The van der Waals surface area contributed by atoms with Gasteiger partial charge in [-0.25, -0.2) is 4.79 Å². The summed E-state index contributed by atoms with van der Waals surface area (Å²) >= 11 is 0. The van der Waals surface area contributed by atoms with Gasteiger partial charge in [-0.1, -0.05) is 18.6 Å². The number of aliphatic hydroxyl groups excluding tert-OH is 2. The Morgan fingerprint density at radius 2 is 1.96 bits per heavy atom. The molecule has 3 rings (SSSR count). The van der Waals surface area contributed by atoms with Gasteiger partial charge in [-0.2, -0.15) is 0 Å². The molecule has 0 aromatic rings. The molecule has 0 aromatic carbocycles. The molecule has 0 saturated carbocycles. The van der Waals surface area contributed by atoms with Crippen LogP contribution in [-0.2, 0) is 14.3 Å². The van der Waals surface area contributed by atoms with Crippen molar-refractivity contribution >= 4 is 5.97 Å². The van der Waals surface area contributed by atoms with Crippen molar-refractivity contribution in [3.8, 4) is 0 Å². The Balaban J connectivity index is 1.97. The zero-order chi connectivity index (χ0) is 18.4. The maximum Gasteiger partial charge on any atom is 0.334 e. The van der Waals surface area contributed by atoms with E-state index in [0.29, 0.717) is 29.9 Å². The lowest BCUT2D eigenvalue weighted by molar-refractivity contribution is -0.146. The first-order valence-corrected chi connectivity index (χ1v) is 9.34. The Morgan fingerprint density at radius 1 is 1.24 bits per heavy atom. The largest absolute Gasteiger partial charge is 0.454 e. The summed E-state index contributed by atoms with van der Waals surface area (Å²) in [5.41, 5.74) is 1.24. The monoisotopic (exact) mass is 350 g/mol. The van der Waals surface area contributed by atoms with Crippen molar-refractivity contribution in [2.24, 2.45) is 5.92 Å². The number of ether oxygens (including phenoxy) is 2. The van der Waals surface area contributed by atoms with Crippen molar-refractivity contribution in [1.29, 1.82) is 0 Å². The molecule has 3 aliphatic heterocycles. The van der Waals surface area contributed by atoms with E-state index >= 15 is 0 Å². The maximum atomic E-state index is 12.0. The van der Waals surface area contributed by atoms with Crippen molar-refractivity contribution in [1.82, 2.24) is 0 Å². The molecule has 0 spiro atoms. The van der Waals surface area contributed by atoms with Crippen LogP contribution in [0.4, 0.5) is 0 Å². The van der Waals surface area contributed by atoms with Crippen molar-refractivity contribution < 1.29 is 24.5 Å². The van der Waals surface area contributed by atoms with Crippen LogP contribution in [0.5, 0.6) is 0 Å². The normalized spacial score (nSPS) is 45.0. The highest BCUT2D eigenvalue weighted by Crippen LogP contribution is 2.41. The number of hydrogen-bond donors (Lipinski definition) is 2. The Labute approximate surface area is 149 Å². The Kier molecular flexibility index (Phi) is 5.11. The molecule has 0 aromatic heterocycles. The zero-order valence-corrected chi connectivity index (χ0v) is 15.6. The van der Waals surface area contributed by atoms with Crippen LogP contribution in [-0.4, -0.2) is 46.2 Å². The van der Waals surface area contributed by atoms with Crippen LogP contribution in [0.1, 0.15) is 59.8 Å². The molecule has 140 valence electrons. The van der Waals surface area contributed by atoms with Gasteiger partial charge in [-0.05, 0) is 52.4 Å². The summed E-state index contributed by atoms with van der Waals surface area (Å²) in [7, 11) is 0. The summed E-state index contributed by atoms with van der Waals surface area (Å²) in [6, 6.07) is 0. The second-order valence-corrected chi connectivity index (χ2v) is 8.18. The molecule has 0 unspecified atom stereocenters. The van der Waals surface area contributed by atoms with Gasteiger partial charge in [0.1, 0.15) is 18.3 Å². The lowest BCUT2D eigenvalue weighted by Crippen LogP contribution is -2.49. The van der Waals surface area contributed by atoms with Crippen molar-refractivity contribution in [3.05, 3.63) is 22.8 Å². The van der Waals surface area contributed by atoms with Gasteiger partial charge in [0.05, 0.1) is 11.7 Å². The molecule has 0 aliphatic carbocycles. The number of rotatable bonds is 0. The summed E-state index contributed by atoms with van der Waals surface area (Å²) in [5.74, 6) is -0.00983. The molecule has 5 nitrogen and oxygen atoms in total. The fourth-order valence-electron chi connectivity index (χ4n) is 4.37. The molecule has 0 radical (unpaired) electrons. The first-order valence-electron chi connectivity index (χ1n) is 9.34. The summed E-state index contributed by atoms with van der Waals surface area (Å²) in [5, 5.41) is 21.8. The predicted molar refractivity (Wildman–Crippen MR) is 93.9 cm³/mol. The van der Waals surface area contributed by atoms with Gasteiger partial charge >= 0.3 is 5.97 Å². The van der Waals surface area contributed by atoms with Gasteiger partial charge in [0.2, 0.25) is 0 Å². The fourth-order valence-corrected chi connectivity index (χ4v) is 4.37. The minimum atomic E-state index is -1.16. The van der Waals surface area contributed by atoms with Crippen LogP contribution >= 0.6 is 0 Å². The van der Waals surface area contributed by atoms with Gasteiger partial charge in [0.15, 0.2) is 0 Å². The first-order chi connectivity index (χ1) is 11.7. The molecule has 3 aliphatic rings. The van der Waals surface area contributed by atoms with Crippen molar-refractivity contribution in [2.75, 3.05) is 0 Å². The number of aliphatic hydroxyl groups is 2. The van der Waals surface area contributed by atoms with E-state index in [4.69, 9.17) is 9.47 Å². The summed E-state index contributed by atoms with van der Waals surface area (Å²) in [4.78, 5) is 12.0. The highest BCUT2D eigenvalue weighted by atomic mass is 16.6. The molecule has 2 bridgehead atoms. The number of hydrogen-bond acceptors (Lipinski definition) is 5. The van der Waals surface area contributed by atoms with Crippen LogP contribution < -0.4 is 0 Å². The second kappa shape index (κ2) is 6.86. The average molecular weight is 350 g/mol.